The lowest BCUT2D eigenvalue weighted by atomic mass is 9.89. The molecule has 0 aliphatic carbocycles. The van der Waals surface area contributed by atoms with E-state index in [1.807, 2.05) is 0 Å². The molecule has 0 aromatic heterocycles. The van der Waals surface area contributed by atoms with E-state index in [1.165, 1.54) is 19.1 Å². The molecule has 0 amide bonds. The number of Topliss-reactive ketones (excluding diaryl/α,β-unsaturated/α-hetero) is 1. The molecule has 1 aromatic rings. The summed E-state index contributed by atoms with van der Waals surface area (Å²) in [6.07, 6.45) is 0. The number of alkyl halides is 1. The highest BCUT2D eigenvalue weighted by molar-refractivity contribution is 9.09. The van der Waals surface area contributed by atoms with Crippen LogP contribution in [0.5, 0.6) is 5.75 Å². The third kappa shape index (κ3) is 5.30. The summed E-state index contributed by atoms with van der Waals surface area (Å²) in [5.74, 6) is -0.550. The number of carbonyl (C=O) groups excluding carboxylic acids is 2. The molecule has 0 saturated carbocycles. The van der Waals surface area contributed by atoms with Crippen molar-refractivity contribution in [3.63, 3.8) is 0 Å². The van der Waals surface area contributed by atoms with Gasteiger partial charge in [0.15, 0.2) is 5.78 Å². The van der Waals surface area contributed by atoms with Crippen LogP contribution in [0.25, 0.3) is 0 Å². The van der Waals surface area contributed by atoms with Gasteiger partial charge >= 0.3 is 5.97 Å². The van der Waals surface area contributed by atoms with E-state index in [1.54, 1.807) is 13.8 Å². The maximum absolute atomic E-state index is 12.4. The molecule has 1 unspecified atom stereocenters. The van der Waals surface area contributed by atoms with E-state index in [9.17, 15) is 9.59 Å². The Morgan fingerprint density at radius 3 is 2.27 bits per heavy atom. The summed E-state index contributed by atoms with van der Waals surface area (Å²) in [4.78, 5) is 23.2. The fourth-order valence-corrected chi connectivity index (χ4v) is 2.82. The Morgan fingerprint density at radius 2 is 1.73 bits per heavy atom. The molecule has 0 heterocycles. The number of esters is 1. The minimum Gasteiger partial charge on any atom is -0.470 e. The number of rotatable bonds is 6. The van der Waals surface area contributed by atoms with Crippen molar-refractivity contribution < 1.29 is 19.1 Å². The summed E-state index contributed by atoms with van der Waals surface area (Å²) in [6, 6.07) is 2.85. The first-order chi connectivity index (χ1) is 10.0. The second-order valence-electron chi connectivity index (χ2n) is 5.16. The van der Waals surface area contributed by atoms with E-state index in [2.05, 4.69) is 15.9 Å². The van der Waals surface area contributed by atoms with E-state index < -0.39 is 16.4 Å². The maximum atomic E-state index is 12.4. The highest BCUT2D eigenvalue weighted by Gasteiger charge is 2.35. The highest BCUT2D eigenvalue weighted by atomic mass is 79.9. The zero-order valence-electron chi connectivity index (χ0n) is 12.1. The third-order valence-electron chi connectivity index (χ3n) is 2.71. The van der Waals surface area contributed by atoms with Crippen LogP contribution in [0.4, 0.5) is 0 Å². The Bertz CT molecular complexity index is 590. The lowest BCUT2D eigenvalue weighted by molar-refractivity contribution is -0.147. The predicted octanol–water partition coefficient (Wildman–Crippen LogP) is 4.91. The van der Waals surface area contributed by atoms with Gasteiger partial charge in [-0.25, -0.2) is 0 Å². The molecule has 4 nitrogen and oxygen atoms in total. The van der Waals surface area contributed by atoms with Gasteiger partial charge in [0.05, 0.1) is 20.5 Å². The molecule has 0 aliphatic rings. The summed E-state index contributed by atoms with van der Waals surface area (Å²) in [5, 5.41) is -0.212. The SMILES string of the molecule is CC(=O)OCC(C)(C)C(=O)C(Br)Oc1cc(Cl)c(Cl)cc1Cl. The summed E-state index contributed by atoms with van der Waals surface area (Å²) < 4.78 is 10.4. The van der Waals surface area contributed by atoms with Crippen molar-refractivity contribution in [3.05, 3.63) is 27.2 Å². The monoisotopic (exact) mass is 430 g/mol. The molecule has 1 rings (SSSR count). The minimum atomic E-state index is -0.979. The quantitative estimate of drug-likeness (QED) is 0.364. The Balaban J connectivity index is 2.84. The number of ketones is 1. The van der Waals surface area contributed by atoms with Crippen LogP contribution in [0, 0.1) is 5.41 Å². The summed E-state index contributed by atoms with van der Waals surface area (Å²) >= 11 is 20.9. The summed E-state index contributed by atoms with van der Waals surface area (Å²) in [7, 11) is 0. The minimum absolute atomic E-state index is 0.0538. The maximum Gasteiger partial charge on any atom is 0.302 e. The van der Waals surface area contributed by atoms with Crippen LogP contribution in [0.2, 0.25) is 15.1 Å². The van der Waals surface area contributed by atoms with Crippen LogP contribution in [0.15, 0.2) is 12.1 Å². The second-order valence-corrected chi connectivity index (χ2v) is 7.21. The van der Waals surface area contributed by atoms with E-state index in [4.69, 9.17) is 44.3 Å². The lowest BCUT2D eigenvalue weighted by Crippen LogP contribution is -2.38. The topological polar surface area (TPSA) is 52.6 Å². The van der Waals surface area contributed by atoms with E-state index in [-0.39, 0.29) is 33.2 Å². The van der Waals surface area contributed by atoms with Gasteiger partial charge in [-0.2, -0.15) is 0 Å². The van der Waals surface area contributed by atoms with Crippen molar-refractivity contribution in [1.29, 1.82) is 0 Å². The molecule has 22 heavy (non-hydrogen) atoms. The van der Waals surface area contributed by atoms with Crippen LogP contribution in [-0.4, -0.2) is 23.4 Å². The molecule has 1 aromatic carbocycles. The van der Waals surface area contributed by atoms with Crippen LogP contribution in [0.3, 0.4) is 0 Å². The van der Waals surface area contributed by atoms with Gasteiger partial charge in [-0.1, -0.05) is 34.8 Å². The Kier molecular flexibility index (Phi) is 6.99. The second kappa shape index (κ2) is 7.86. The first-order valence-corrected chi connectivity index (χ1v) is 8.22. The standard InChI is InChI=1S/C14H14BrCl3O4/c1-7(19)21-6-14(2,3)12(20)13(15)22-11-5-9(17)8(16)4-10(11)18/h4-5,13H,6H2,1-3H3. The summed E-state index contributed by atoms with van der Waals surface area (Å²) in [5.41, 5.74) is -0.928. The average Bonchev–Trinajstić information content (AvgIpc) is 2.41. The number of hydrogen-bond donors (Lipinski definition) is 0. The van der Waals surface area contributed by atoms with Gasteiger partial charge in [-0.15, -0.1) is 0 Å². The van der Waals surface area contributed by atoms with Gasteiger partial charge in [0.1, 0.15) is 12.4 Å². The number of ether oxygens (including phenoxy) is 2. The first kappa shape index (κ1) is 19.6. The number of hydrogen-bond acceptors (Lipinski definition) is 4. The van der Waals surface area contributed by atoms with E-state index in [0.717, 1.165) is 0 Å². The molecule has 0 bridgehead atoms. The predicted molar refractivity (Wildman–Crippen MR) is 90.2 cm³/mol. The largest absolute Gasteiger partial charge is 0.470 e. The normalized spacial score (nSPS) is 12.7. The molecule has 0 fully saturated rings. The van der Waals surface area contributed by atoms with Crippen molar-refractivity contribution in [3.8, 4) is 5.75 Å². The van der Waals surface area contributed by atoms with Crippen molar-refractivity contribution in [2.75, 3.05) is 6.61 Å². The third-order valence-corrected chi connectivity index (χ3v) is 4.33. The van der Waals surface area contributed by atoms with Gasteiger partial charge in [0.2, 0.25) is 5.01 Å². The van der Waals surface area contributed by atoms with Crippen LogP contribution < -0.4 is 4.74 Å². The van der Waals surface area contributed by atoms with E-state index >= 15 is 0 Å². The number of halogens is 4. The van der Waals surface area contributed by atoms with Crippen molar-refractivity contribution in [2.24, 2.45) is 5.41 Å². The average molecular weight is 433 g/mol. The zero-order chi connectivity index (χ0) is 17.1. The Hall–Kier alpha value is -0.490. The first-order valence-electron chi connectivity index (χ1n) is 6.17. The fourth-order valence-electron chi connectivity index (χ4n) is 1.42. The molecular weight excluding hydrogens is 418 g/mol. The molecule has 0 spiro atoms. The molecule has 0 radical (unpaired) electrons. The molecular formula is C14H14BrCl3O4. The van der Waals surface area contributed by atoms with E-state index in [0.29, 0.717) is 0 Å². The zero-order valence-corrected chi connectivity index (χ0v) is 15.9. The van der Waals surface area contributed by atoms with Gasteiger partial charge < -0.3 is 9.47 Å². The molecule has 8 heteroatoms. The highest BCUT2D eigenvalue weighted by Crippen LogP contribution is 2.35. The smallest absolute Gasteiger partial charge is 0.302 e. The van der Waals surface area contributed by atoms with Crippen molar-refractivity contribution >= 4 is 62.5 Å². The lowest BCUT2D eigenvalue weighted by Gasteiger charge is -2.25. The van der Waals surface area contributed by atoms with Gasteiger partial charge in [-0.05, 0) is 35.8 Å². The van der Waals surface area contributed by atoms with Crippen LogP contribution in [-0.2, 0) is 14.3 Å². The van der Waals surface area contributed by atoms with Crippen LogP contribution in [0.1, 0.15) is 20.8 Å². The summed E-state index contributed by atoms with van der Waals surface area (Å²) in [6.45, 7) is 4.51. The van der Waals surface area contributed by atoms with Crippen molar-refractivity contribution in [1.82, 2.24) is 0 Å². The van der Waals surface area contributed by atoms with Gasteiger partial charge in [-0.3, -0.25) is 9.59 Å². The molecule has 122 valence electrons. The fraction of sp³-hybridized carbons (Fsp3) is 0.429. The van der Waals surface area contributed by atoms with Crippen LogP contribution >= 0.6 is 50.7 Å². The van der Waals surface area contributed by atoms with Gasteiger partial charge in [0.25, 0.3) is 0 Å². The molecule has 0 N–H and O–H groups in total. The number of carbonyl (C=O) groups is 2. The van der Waals surface area contributed by atoms with Gasteiger partial charge in [0, 0.05) is 13.0 Å². The molecule has 1 atom stereocenters. The number of benzene rings is 1. The molecule has 0 aliphatic heterocycles. The Labute approximate surface area is 152 Å². The van der Waals surface area contributed by atoms with Crippen molar-refractivity contribution in [2.45, 2.75) is 25.8 Å². The Morgan fingerprint density at radius 1 is 1.18 bits per heavy atom. The molecule has 0 saturated heterocycles.